The van der Waals surface area contributed by atoms with Crippen LogP contribution in [0.5, 0.6) is 0 Å². The lowest BCUT2D eigenvalue weighted by Crippen LogP contribution is -2.51. The molecule has 16 heavy (non-hydrogen) atoms. The summed E-state index contributed by atoms with van der Waals surface area (Å²) >= 11 is 0. The number of nitrogens with two attached hydrogens (primary N) is 1. The molecule has 1 saturated heterocycles. The standard InChI is InChI=1S/C13H26N2O/c1-3-15(9-12-5-4-8-16-12)10-13(2,14)11-6-7-11/h11-12H,3-10,14H2,1-2H3. The molecule has 1 aliphatic carbocycles. The monoisotopic (exact) mass is 226 g/mol. The molecule has 1 heterocycles. The SMILES string of the molecule is CCN(CC1CCCO1)CC(C)(N)C1CC1. The van der Waals surface area contributed by atoms with Crippen LogP contribution in [0.15, 0.2) is 0 Å². The van der Waals surface area contributed by atoms with Crippen molar-refractivity contribution in [2.45, 2.75) is 51.2 Å². The molecule has 0 aromatic heterocycles. The van der Waals surface area contributed by atoms with Crippen molar-refractivity contribution in [3.63, 3.8) is 0 Å². The molecule has 2 rings (SSSR count). The van der Waals surface area contributed by atoms with Crippen molar-refractivity contribution in [3.8, 4) is 0 Å². The predicted octanol–water partition coefficient (Wildman–Crippen LogP) is 1.61. The highest BCUT2D eigenvalue weighted by atomic mass is 16.5. The van der Waals surface area contributed by atoms with Crippen LogP contribution in [0.2, 0.25) is 0 Å². The Kier molecular flexibility index (Phi) is 3.88. The Labute approximate surface area is 99.3 Å². The van der Waals surface area contributed by atoms with Crippen LogP contribution in [-0.4, -0.2) is 42.8 Å². The third-order valence-corrected chi connectivity index (χ3v) is 4.01. The summed E-state index contributed by atoms with van der Waals surface area (Å²) in [7, 11) is 0. The van der Waals surface area contributed by atoms with Crippen LogP contribution in [0.1, 0.15) is 39.5 Å². The van der Waals surface area contributed by atoms with Gasteiger partial charge in [0.2, 0.25) is 0 Å². The zero-order valence-corrected chi connectivity index (χ0v) is 10.7. The molecule has 3 heteroatoms. The van der Waals surface area contributed by atoms with E-state index in [0.717, 1.165) is 32.2 Å². The van der Waals surface area contributed by atoms with E-state index in [-0.39, 0.29) is 5.54 Å². The lowest BCUT2D eigenvalue weighted by atomic mass is 9.96. The summed E-state index contributed by atoms with van der Waals surface area (Å²) in [5.74, 6) is 0.756. The molecule has 2 aliphatic rings. The zero-order valence-electron chi connectivity index (χ0n) is 10.7. The number of ether oxygens (including phenoxy) is 1. The average Bonchev–Trinajstić information content (AvgIpc) is 2.99. The van der Waals surface area contributed by atoms with Crippen LogP contribution < -0.4 is 5.73 Å². The minimum Gasteiger partial charge on any atom is -0.377 e. The van der Waals surface area contributed by atoms with E-state index in [4.69, 9.17) is 10.5 Å². The Morgan fingerprint density at radius 2 is 2.12 bits per heavy atom. The number of likely N-dealkylation sites (N-methyl/N-ethyl adjacent to an activating group) is 1. The quantitative estimate of drug-likeness (QED) is 0.748. The fourth-order valence-corrected chi connectivity index (χ4v) is 2.74. The minimum atomic E-state index is 0.00855. The summed E-state index contributed by atoms with van der Waals surface area (Å²) in [5.41, 5.74) is 6.40. The lowest BCUT2D eigenvalue weighted by molar-refractivity contribution is 0.0662. The molecule has 2 unspecified atom stereocenters. The number of nitrogens with zero attached hydrogens (tertiary/aromatic N) is 1. The second kappa shape index (κ2) is 5.03. The van der Waals surface area contributed by atoms with Gasteiger partial charge < -0.3 is 10.5 Å². The lowest BCUT2D eigenvalue weighted by Gasteiger charge is -2.33. The number of rotatable bonds is 6. The van der Waals surface area contributed by atoms with Crippen LogP contribution in [0.3, 0.4) is 0 Å². The molecule has 1 aliphatic heterocycles. The smallest absolute Gasteiger partial charge is 0.0702 e. The second-order valence-corrected chi connectivity index (χ2v) is 5.74. The molecule has 0 aromatic carbocycles. The maximum absolute atomic E-state index is 6.39. The normalized spacial score (nSPS) is 29.6. The van der Waals surface area contributed by atoms with Crippen LogP contribution in [0.25, 0.3) is 0 Å². The van der Waals surface area contributed by atoms with E-state index < -0.39 is 0 Å². The predicted molar refractivity (Wildman–Crippen MR) is 66.4 cm³/mol. The Morgan fingerprint density at radius 3 is 2.62 bits per heavy atom. The largest absolute Gasteiger partial charge is 0.377 e. The topological polar surface area (TPSA) is 38.5 Å². The van der Waals surface area contributed by atoms with Gasteiger partial charge in [-0.15, -0.1) is 0 Å². The van der Waals surface area contributed by atoms with Crippen molar-refractivity contribution in [1.29, 1.82) is 0 Å². The molecule has 0 spiro atoms. The van der Waals surface area contributed by atoms with Crippen LogP contribution >= 0.6 is 0 Å². The molecule has 0 aromatic rings. The first-order valence-electron chi connectivity index (χ1n) is 6.74. The summed E-state index contributed by atoms with van der Waals surface area (Å²) < 4.78 is 5.69. The van der Waals surface area contributed by atoms with E-state index in [1.165, 1.54) is 25.7 Å². The fraction of sp³-hybridized carbons (Fsp3) is 1.00. The Hall–Kier alpha value is -0.120. The van der Waals surface area contributed by atoms with Gasteiger partial charge in [-0.3, -0.25) is 4.90 Å². The molecule has 0 amide bonds. The van der Waals surface area contributed by atoms with Gasteiger partial charge in [0.15, 0.2) is 0 Å². The highest BCUT2D eigenvalue weighted by Crippen LogP contribution is 2.38. The molecule has 0 radical (unpaired) electrons. The van der Waals surface area contributed by atoms with E-state index in [0.29, 0.717) is 6.10 Å². The van der Waals surface area contributed by atoms with Crippen LogP contribution in [0, 0.1) is 5.92 Å². The summed E-state index contributed by atoms with van der Waals surface area (Å²) in [5, 5.41) is 0. The maximum Gasteiger partial charge on any atom is 0.0702 e. The molecular formula is C13H26N2O. The first kappa shape index (κ1) is 12.3. The molecule has 2 atom stereocenters. The first-order chi connectivity index (χ1) is 7.62. The van der Waals surface area contributed by atoms with Crippen LogP contribution in [-0.2, 0) is 4.74 Å². The number of hydrogen-bond acceptors (Lipinski definition) is 3. The van der Waals surface area contributed by atoms with Crippen molar-refractivity contribution < 1.29 is 4.74 Å². The number of hydrogen-bond donors (Lipinski definition) is 1. The molecule has 2 N–H and O–H groups in total. The van der Waals surface area contributed by atoms with E-state index in [1.807, 2.05) is 0 Å². The van der Waals surface area contributed by atoms with E-state index in [1.54, 1.807) is 0 Å². The molecule has 0 bridgehead atoms. The summed E-state index contributed by atoms with van der Waals surface area (Å²) in [6.45, 7) is 8.55. The van der Waals surface area contributed by atoms with Crippen molar-refractivity contribution in [3.05, 3.63) is 0 Å². The van der Waals surface area contributed by atoms with Gasteiger partial charge in [0.25, 0.3) is 0 Å². The van der Waals surface area contributed by atoms with Gasteiger partial charge in [-0.25, -0.2) is 0 Å². The highest BCUT2D eigenvalue weighted by Gasteiger charge is 2.39. The van der Waals surface area contributed by atoms with E-state index in [2.05, 4.69) is 18.7 Å². The molecule has 2 fully saturated rings. The van der Waals surface area contributed by atoms with Crippen molar-refractivity contribution in [2.24, 2.45) is 11.7 Å². The van der Waals surface area contributed by atoms with Crippen molar-refractivity contribution >= 4 is 0 Å². The van der Waals surface area contributed by atoms with Gasteiger partial charge >= 0.3 is 0 Å². The van der Waals surface area contributed by atoms with E-state index >= 15 is 0 Å². The molecule has 94 valence electrons. The van der Waals surface area contributed by atoms with Gasteiger partial charge in [0.1, 0.15) is 0 Å². The molecule has 1 saturated carbocycles. The average molecular weight is 226 g/mol. The molecular weight excluding hydrogens is 200 g/mol. The Morgan fingerprint density at radius 1 is 1.38 bits per heavy atom. The molecule has 3 nitrogen and oxygen atoms in total. The van der Waals surface area contributed by atoms with Gasteiger partial charge in [-0.2, -0.15) is 0 Å². The summed E-state index contributed by atoms with van der Waals surface area (Å²) in [6, 6.07) is 0. The van der Waals surface area contributed by atoms with Crippen molar-refractivity contribution in [2.75, 3.05) is 26.2 Å². The summed E-state index contributed by atoms with van der Waals surface area (Å²) in [4.78, 5) is 2.47. The van der Waals surface area contributed by atoms with Gasteiger partial charge in [-0.05, 0) is 45.1 Å². The minimum absolute atomic E-state index is 0.00855. The second-order valence-electron chi connectivity index (χ2n) is 5.74. The third-order valence-electron chi connectivity index (χ3n) is 4.01. The zero-order chi connectivity index (χ0) is 11.6. The van der Waals surface area contributed by atoms with Gasteiger partial charge in [0.05, 0.1) is 6.10 Å². The Bertz CT molecular complexity index is 220. The Balaban J connectivity index is 1.79. The summed E-state index contributed by atoms with van der Waals surface area (Å²) in [6.07, 6.45) is 5.55. The third kappa shape index (κ3) is 3.19. The van der Waals surface area contributed by atoms with Crippen molar-refractivity contribution in [1.82, 2.24) is 4.90 Å². The van der Waals surface area contributed by atoms with E-state index in [9.17, 15) is 0 Å². The maximum atomic E-state index is 6.39. The highest BCUT2D eigenvalue weighted by molar-refractivity contribution is 4.97. The first-order valence-corrected chi connectivity index (χ1v) is 6.74. The van der Waals surface area contributed by atoms with Gasteiger partial charge in [-0.1, -0.05) is 6.92 Å². The van der Waals surface area contributed by atoms with Gasteiger partial charge in [0, 0.05) is 25.2 Å². The fourth-order valence-electron chi connectivity index (χ4n) is 2.74. The van der Waals surface area contributed by atoms with Crippen LogP contribution in [0.4, 0.5) is 0 Å².